The molecule has 1 aromatic carbocycles. The summed E-state index contributed by atoms with van der Waals surface area (Å²) in [5, 5.41) is 13.4. The number of carbonyl (C=O) groups is 1. The van der Waals surface area contributed by atoms with E-state index in [1.54, 1.807) is 23.5 Å². The van der Waals surface area contributed by atoms with E-state index in [1.165, 1.54) is 22.2 Å². The standard InChI is InChI=1S/C25H28N10O3S/c36-25(33-35-15-27-28-16-35)29-18-3-1-17(2-4-18)22-30-23(20-13-26-7-10-38-20)32-24(31-22)21-6-5-19(39-21)14-34-8-11-37-12-9-34/h1-6,15-16,20,26H,7-14H2,(H2,29,33,36). The summed E-state index contributed by atoms with van der Waals surface area (Å²) in [6.07, 6.45) is 2.53. The van der Waals surface area contributed by atoms with Gasteiger partial charge >= 0.3 is 6.03 Å². The van der Waals surface area contributed by atoms with Crippen LogP contribution in [0.15, 0.2) is 49.1 Å². The molecule has 39 heavy (non-hydrogen) atoms. The van der Waals surface area contributed by atoms with Crippen LogP contribution in [0.1, 0.15) is 16.8 Å². The van der Waals surface area contributed by atoms with Gasteiger partial charge in [-0.15, -0.1) is 21.5 Å². The topological polar surface area (TPSA) is 144 Å². The van der Waals surface area contributed by atoms with Crippen LogP contribution in [0.25, 0.3) is 22.1 Å². The molecule has 1 atom stereocenters. The van der Waals surface area contributed by atoms with Crippen LogP contribution in [0.2, 0.25) is 0 Å². The van der Waals surface area contributed by atoms with Crippen LogP contribution in [0, 0.1) is 0 Å². The van der Waals surface area contributed by atoms with Crippen molar-refractivity contribution in [3.05, 3.63) is 59.8 Å². The van der Waals surface area contributed by atoms with Crippen molar-refractivity contribution in [2.45, 2.75) is 12.6 Å². The van der Waals surface area contributed by atoms with E-state index in [9.17, 15) is 4.79 Å². The molecule has 4 aromatic rings. The van der Waals surface area contributed by atoms with E-state index in [4.69, 9.17) is 24.4 Å². The number of nitrogens with zero attached hydrogens (tertiary/aromatic N) is 7. The first-order chi connectivity index (χ1) is 19.2. The van der Waals surface area contributed by atoms with Crippen molar-refractivity contribution in [2.75, 3.05) is 56.7 Å². The molecule has 0 bridgehead atoms. The average molecular weight is 549 g/mol. The Morgan fingerprint density at radius 2 is 1.79 bits per heavy atom. The highest BCUT2D eigenvalue weighted by atomic mass is 32.1. The Hall–Kier alpha value is -3.82. The van der Waals surface area contributed by atoms with Crippen LogP contribution in [0.5, 0.6) is 0 Å². The zero-order chi connectivity index (χ0) is 26.4. The zero-order valence-corrected chi connectivity index (χ0v) is 21.9. The van der Waals surface area contributed by atoms with Gasteiger partial charge in [0.15, 0.2) is 17.5 Å². The lowest BCUT2D eigenvalue weighted by molar-refractivity contribution is 0.0221. The SMILES string of the molecule is O=C(Nc1ccc(-c2nc(-c3ccc(CN4CCOCC4)s3)nc(C3CNCCO3)n2)cc1)Nn1cnnc1. The first-order valence-corrected chi connectivity index (χ1v) is 13.5. The maximum absolute atomic E-state index is 12.2. The fourth-order valence-corrected chi connectivity index (χ4v) is 5.29. The molecule has 6 rings (SSSR count). The summed E-state index contributed by atoms with van der Waals surface area (Å²) in [7, 11) is 0. The highest BCUT2D eigenvalue weighted by molar-refractivity contribution is 7.15. The van der Waals surface area contributed by atoms with E-state index in [1.807, 2.05) is 12.1 Å². The van der Waals surface area contributed by atoms with Crippen LogP contribution in [0.4, 0.5) is 10.5 Å². The summed E-state index contributed by atoms with van der Waals surface area (Å²) in [5.41, 5.74) is 4.01. The molecule has 13 nitrogen and oxygen atoms in total. The Labute approximate surface area is 228 Å². The van der Waals surface area contributed by atoms with E-state index in [0.29, 0.717) is 36.3 Å². The van der Waals surface area contributed by atoms with Crippen molar-refractivity contribution in [3.8, 4) is 22.1 Å². The van der Waals surface area contributed by atoms with Gasteiger partial charge in [-0.3, -0.25) is 4.90 Å². The Kier molecular flexibility index (Phi) is 7.78. The molecule has 2 amide bonds. The van der Waals surface area contributed by atoms with Gasteiger partial charge in [-0.05, 0) is 36.4 Å². The lowest BCUT2D eigenvalue weighted by atomic mass is 10.2. The number of nitrogens with one attached hydrogen (secondary N) is 3. The third-order valence-corrected chi connectivity index (χ3v) is 7.35. The van der Waals surface area contributed by atoms with Gasteiger partial charge < -0.3 is 20.1 Å². The Morgan fingerprint density at radius 1 is 1.00 bits per heavy atom. The van der Waals surface area contributed by atoms with E-state index in [0.717, 1.165) is 49.8 Å². The van der Waals surface area contributed by atoms with E-state index >= 15 is 0 Å². The lowest BCUT2D eigenvalue weighted by Crippen LogP contribution is -2.35. The second-order valence-corrected chi connectivity index (χ2v) is 10.2. The summed E-state index contributed by atoms with van der Waals surface area (Å²) in [4.78, 5) is 31.3. The highest BCUT2D eigenvalue weighted by Crippen LogP contribution is 2.30. The molecule has 1 unspecified atom stereocenters. The molecular formula is C25H28N10O3S. The normalized spacial score (nSPS) is 18.1. The third kappa shape index (κ3) is 6.43. The fourth-order valence-electron chi connectivity index (χ4n) is 4.31. The Morgan fingerprint density at radius 3 is 2.56 bits per heavy atom. The third-order valence-electron chi connectivity index (χ3n) is 6.28. The number of ether oxygens (including phenoxy) is 2. The first kappa shape index (κ1) is 25.5. The summed E-state index contributed by atoms with van der Waals surface area (Å²) >= 11 is 1.69. The molecule has 0 saturated carbocycles. The van der Waals surface area contributed by atoms with E-state index in [2.05, 4.69) is 43.3 Å². The predicted octanol–water partition coefficient (Wildman–Crippen LogP) is 2.13. The van der Waals surface area contributed by atoms with Crippen LogP contribution >= 0.6 is 11.3 Å². The monoisotopic (exact) mass is 548 g/mol. The van der Waals surface area contributed by atoms with E-state index in [-0.39, 0.29) is 6.10 Å². The van der Waals surface area contributed by atoms with Crippen LogP contribution in [0.3, 0.4) is 0 Å². The molecule has 14 heteroatoms. The molecule has 3 N–H and O–H groups in total. The maximum atomic E-state index is 12.2. The fraction of sp³-hybridized carbons (Fsp3) is 0.360. The number of aromatic nitrogens is 6. The van der Waals surface area contributed by atoms with E-state index < -0.39 is 6.03 Å². The van der Waals surface area contributed by atoms with Gasteiger partial charge in [0.25, 0.3) is 0 Å². The molecule has 0 radical (unpaired) electrons. The van der Waals surface area contributed by atoms with Crippen molar-refractivity contribution >= 4 is 23.1 Å². The van der Waals surface area contributed by atoms with Gasteiger partial charge in [0.2, 0.25) is 0 Å². The zero-order valence-electron chi connectivity index (χ0n) is 21.1. The molecule has 0 spiro atoms. The van der Waals surface area contributed by atoms with Crippen molar-refractivity contribution in [1.29, 1.82) is 0 Å². The van der Waals surface area contributed by atoms with Crippen molar-refractivity contribution in [2.24, 2.45) is 0 Å². The maximum Gasteiger partial charge on any atom is 0.338 e. The van der Waals surface area contributed by atoms with Crippen molar-refractivity contribution in [3.63, 3.8) is 0 Å². The minimum absolute atomic E-state index is 0.255. The summed E-state index contributed by atoms with van der Waals surface area (Å²) in [5.74, 6) is 1.77. The summed E-state index contributed by atoms with van der Waals surface area (Å²) < 4.78 is 12.8. The molecule has 3 aromatic heterocycles. The quantitative estimate of drug-likeness (QED) is 0.314. The number of morpholine rings is 2. The lowest BCUT2D eigenvalue weighted by Gasteiger charge is -2.25. The molecule has 2 fully saturated rings. The van der Waals surface area contributed by atoms with Gasteiger partial charge in [0.05, 0.1) is 24.7 Å². The summed E-state index contributed by atoms with van der Waals surface area (Å²) in [6.45, 7) is 6.34. The number of thiophene rings is 1. The molecule has 2 aliphatic heterocycles. The Bertz CT molecular complexity index is 1380. The van der Waals surface area contributed by atoms with Crippen molar-refractivity contribution in [1.82, 2.24) is 40.0 Å². The number of urea groups is 1. The largest absolute Gasteiger partial charge is 0.379 e. The first-order valence-electron chi connectivity index (χ1n) is 12.7. The van der Waals surface area contributed by atoms with Gasteiger partial charge in [-0.25, -0.2) is 29.8 Å². The number of amides is 2. The molecule has 0 aliphatic carbocycles. The second kappa shape index (κ2) is 11.9. The average Bonchev–Trinajstić information content (AvgIpc) is 3.67. The molecular weight excluding hydrogens is 520 g/mol. The minimum Gasteiger partial charge on any atom is -0.379 e. The van der Waals surface area contributed by atoms with Gasteiger partial charge in [-0.2, -0.15) is 0 Å². The molecule has 202 valence electrons. The van der Waals surface area contributed by atoms with Crippen LogP contribution in [-0.4, -0.2) is 86.8 Å². The number of benzene rings is 1. The number of rotatable bonds is 7. The van der Waals surface area contributed by atoms with Crippen LogP contribution in [-0.2, 0) is 16.0 Å². The molecule has 2 saturated heterocycles. The number of carbonyl (C=O) groups excluding carboxylic acids is 1. The number of anilines is 1. The van der Waals surface area contributed by atoms with Crippen LogP contribution < -0.4 is 16.1 Å². The molecule has 2 aliphatic rings. The smallest absolute Gasteiger partial charge is 0.338 e. The number of hydrogen-bond donors (Lipinski definition) is 3. The summed E-state index contributed by atoms with van der Waals surface area (Å²) in [6, 6.07) is 11.1. The highest BCUT2D eigenvalue weighted by Gasteiger charge is 2.22. The predicted molar refractivity (Wildman–Crippen MR) is 145 cm³/mol. The number of hydrogen-bond acceptors (Lipinski definition) is 11. The molecule has 5 heterocycles. The van der Waals surface area contributed by atoms with Gasteiger partial charge in [0, 0.05) is 48.9 Å². The minimum atomic E-state index is -0.417. The van der Waals surface area contributed by atoms with Gasteiger partial charge in [-0.1, -0.05) is 0 Å². The van der Waals surface area contributed by atoms with Crippen molar-refractivity contribution < 1.29 is 14.3 Å². The Balaban J connectivity index is 1.23. The second-order valence-electron chi connectivity index (χ2n) is 9.07. The van der Waals surface area contributed by atoms with Gasteiger partial charge in [0.1, 0.15) is 18.8 Å².